The number of rotatable bonds is 4. The summed E-state index contributed by atoms with van der Waals surface area (Å²) in [7, 11) is 0. The number of piperazine rings is 1. The first-order valence-electron chi connectivity index (χ1n) is 7.49. The average Bonchev–Trinajstić information content (AvgIpc) is 2.41. The third kappa shape index (κ3) is 3.67. The van der Waals surface area contributed by atoms with Crippen LogP contribution in [0.5, 0.6) is 0 Å². The minimum absolute atomic E-state index is 0.203. The number of anilines is 2. The fourth-order valence-corrected chi connectivity index (χ4v) is 2.84. The van der Waals surface area contributed by atoms with E-state index in [9.17, 15) is 9.90 Å². The van der Waals surface area contributed by atoms with Gasteiger partial charge in [0, 0.05) is 44.1 Å². The number of nitrogens with zero attached hydrogens (tertiary/aromatic N) is 2. The maximum Gasteiger partial charge on any atom is 0.337 e. The molecule has 3 N–H and O–H groups in total. The predicted molar refractivity (Wildman–Crippen MR) is 86.0 cm³/mol. The van der Waals surface area contributed by atoms with E-state index in [1.165, 1.54) is 0 Å². The van der Waals surface area contributed by atoms with Gasteiger partial charge in [-0.15, -0.1) is 0 Å². The molecule has 0 aromatic heterocycles. The van der Waals surface area contributed by atoms with Crippen LogP contribution in [0.25, 0.3) is 0 Å². The normalized spacial score (nSPS) is 16.5. The number of benzene rings is 1. The molecule has 1 heterocycles. The molecular formula is C16H25N3O2. The van der Waals surface area contributed by atoms with E-state index < -0.39 is 5.97 Å². The molecule has 21 heavy (non-hydrogen) atoms. The summed E-state index contributed by atoms with van der Waals surface area (Å²) in [5.74, 6) is -0.287. The maximum atomic E-state index is 11.3. The lowest BCUT2D eigenvalue weighted by atomic mass is 10.1. The summed E-state index contributed by atoms with van der Waals surface area (Å²) in [5.41, 5.74) is 8.21. The molecule has 1 aliphatic heterocycles. The second-order valence-corrected chi connectivity index (χ2v) is 6.21. The molecule has 0 atom stereocenters. The number of hydrogen-bond acceptors (Lipinski definition) is 4. The predicted octanol–water partition coefficient (Wildman–Crippen LogP) is 2.05. The Bertz CT molecular complexity index is 520. The Labute approximate surface area is 126 Å². The fourth-order valence-electron chi connectivity index (χ4n) is 2.84. The molecule has 2 rings (SSSR count). The Morgan fingerprint density at radius 2 is 1.90 bits per heavy atom. The molecule has 1 aromatic carbocycles. The minimum Gasteiger partial charge on any atom is -0.478 e. The first-order valence-corrected chi connectivity index (χ1v) is 7.49. The zero-order valence-electron chi connectivity index (χ0n) is 13.1. The van der Waals surface area contributed by atoms with Gasteiger partial charge in [0.2, 0.25) is 0 Å². The van der Waals surface area contributed by atoms with Crippen molar-refractivity contribution >= 4 is 17.3 Å². The number of hydrogen-bond donors (Lipinski definition) is 2. The van der Waals surface area contributed by atoms with Crippen molar-refractivity contribution in [2.75, 3.05) is 43.4 Å². The highest BCUT2D eigenvalue weighted by Crippen LogP contribution is 2.26. The van der Waals surface area contributed by atoms with Crippen LogP contribution < -0.4 is 10.6 Å². The topological polar surface area (TPSA) is 69.8 Å². The standard InChI is InChI=1S/C16H25N3O2/c1-11(2)10-18-4-6-19(7-5-18)13-8-12(3)15(17)14(9-13)16(20)21/h8-9,11H,4-7,10,17H2,1-3H3,(H,20,21). The van der Waals surface area contributed by atoms with Crippen molar-refractivity contribution in [1.82, 2.24) is 4.90 Å². The molecule has 1 aromatic rings. The van der Waals surface area contributed by atoms with Crippen LogP contribution in [0.4, 0.5) is 11.4 Å². The summed E-state index contributed by atoms with van der Waals surface area (Å²) in [6, 6.07) is 3.68. The molecule has 0 aliphatic carbocycles. The van der Waals surface area contributed by atoms with Crippen LogP contribution in [-0.4, -0.2) is 48.7 Å². The summed E-state index contributed by atoms with van der Waals surface area (Å²) >= 11 is 0. The molecule has 5 heteroatoms. The number of nitrogens with two attached hydrogens (primary N) is 1. The van der Waals surface area contributed by atoms with Crippen molar-refractivity contribution in [3.8, 4) is 0 Å². The van der Waals surface area contributed by atoms with E-state index in [4.69, 9.17) is 5.73 Å². The average molecular weight is 291 g/mol. The number of aryl methyl sites for hydroxylation is 1. The van der Waals surface area contributed by atoms with Crippen LogP contribution in [0.1, 0.15) is 29.8 Å². The van der Waals surface area contributed by atoms with Crippen LogP contribution in [0.2, 0.25) is 0 Å². The van der Waals surface area contributed by atoms with Gasteiger partial charge in [0.05, 0.1) is 5.56 Å². The van der Waals surface area contributed by atoms with E-state index in [0.717, 1.165) is 44.0 Å². The highest BCUT2D eigenvalue weighted by molar-refractivity contribution is 5.95. The first kappa shape index (κ1) is 15.6. The maximum absolute atomic E-state index is 11.3. The molecule has 1 aliphatic rings. The van der Waals surface area contributed by atoms with Crippen molar-refractivity contribution < 1.29 is 9.90 Å². The number of carbonyl (C=O) groups is 1. The lowest BCUT2D eigenvalue weighted by Gasteiger charge is -2.37. The van der Waals surface area contributed by atoms with E-state index in [2.05, 4.69) is 23.6 Å². The summed E-state index contributed by atoms with van der Waals surface area (Å²) in [4.78, 5) is 16.0. The molecule has 0 saturated carbocycles. The highest BCUT2D eigenvalue weighted by atomic mass is 16.4. The molecule has 1 fully saturated rings. The first-order chi connectivity index (χ1) is 9.88. The molecule has 0 unspecified atom stereocenters. The molecule has 0 radical (unpaired) electrons. The van der Waals surface area contributed by atoms with E-state index in [0.29, 0.717) is 11.6 Å². The van der Waals surface area contributed by atoms with Gasteiger partial charge in [0.1, 0.15) is 0 Å². The van der Waals surface area contributed by atoms with E-state index in [1.54, 1.807) is 6.07 Å². The SMILES string of the molecule is Cc1cc(N2CCN(CC(C)C)CC2)cc(C(=O)O)c1N. The lowest BCUT2D eigenvalue weighted by molar-refractivity contribution is 0.0698. The zero-order chi connectivity index (χ0) is 15.6. The van der Waals surface area contributed by atoms with Gasteiger partial charge in [-0.2, -0.15) is 0 Å². The Morgan fingerprint density at radius 1 is 1.29 bits per heavy atom. The van der Waals surface area contributed by atoms with Gasteiger partial charge >= 0.3 is 5.97 Å². The summed E-state index contributed by atoms with van der Waals surface area (Å²) < 4.78 is 0. The van der Waals surface area contributed by atoms with Crippen LogP contribution >= 0.6 is 0 Å². The molecule has 1 saturated heterocycles. The number of nitrogen functional groups attached to an aromatic ring is 1. The summed E-state index contributed by atoms with van der Waals surface area (Å²) in [6.07, 6.45) is 0. The lowest BCUT2D eigenvalue weighted by Crippen LogP contribution is -2.47. The Morgan fingerprint density at radius 3 is 2.43 bits per heavy atom. The number of carboxylic acid groups (broad SMARTS) is 1. The molecule has 116 valence electrons. The summed E-state index contributed by atoms with van der Waals surface area (Å²) in [6.45, 7) is 11.3. The van der Waals surface area contributed by atoms with Gasteiger partial charge in [-0.1, -0.05) is 13.8 Å². The number of carboxylic acids is 1. The third-order valence-corrected chi connectivity index (χ3v) is 3.96. The fraction of sp³-hybridized carbons (Fsp3) is 0.562. The Kier molecular flexibility index (Phi) is 4.73. The monoisotopic (exact) mass is 291 g/mol. The van der Waals surface area contributed by atoms with Gasteiger partial charge in [-0.25, -0.2) is 4.79 Å². The van der Waals surface area contributed by atoms with Crippen molar-refractivity contribution in [3.63, 3.8) is 0 Å². The van der Waals surface area contributed by atoms with Crippen LogP contribution in [0.15, 0.2) is 12.1 Å². The van der Waals surface area contributed by atoms with Crippen LogP contribution in [-0.2, 0) is 0 Å². The Hall–Kier alpha value is -1.75. The largest absolute Gasteiger partial charge is 0.478 e. The van der Waals surface area contributed by atoms with Crippen molar-refractivity contribution in [3.05, 3.63) is 23.3 Å². The second kappa shape index (κ2) is 6.35. The van der Waals surface area contributed by atoms with Gasteiger partial charge in [-0.3, -0.25) is 4.90 Å². The molecule has 5 nitrogen and oxygen atoms in total. The van der Waals surface area contributed by atoms with Gasteiger partial charge in [-0.05, 0) is 30.5 Å². The van der Waals surface area contributed by atoms with Crippen molar-refractivity contribution in [2.45, 2.75) is 20.8 Å². The van der Waals surface area contributed by atoms with E-state index >= 15 is 0 Å². The minimum atomic E-state index is -0.962. The summed E-state index contributed by atoms with van der Waals surface area (Å²) in [5, 5.41) is 9.25. The molecule has 0 bridgehead atoms. The molecule has 0 spiro atoms. The second-order valence-electron chi connectivity index (χ2n) is 6.21. The quantitative estimate of drug-likeness (QED) is 0.831. The molecule has 0 amide bonds. The smallest absolute Gasteiger partial charge is 0.337 e. The molecular weight excluding hydrogens is 266 g/mol. The van der Waals surface area contributed by atoms with E-state index in [-0.39, 0.29) is 5.56 Å². The zero-order valence-corrected chi connectivity index (χ0v) is 13.1. The van der Waals surface area contributed by atoms with Crippen LogP contribution in [0.3, 0.4) is 0 Å². The van der Waals surface area contributed by atoms with Crippen molar-refractivity contribution in [1.29, 1.82) is 0 Å². The van der Waals surface area contributed by atoms with Gasteiger partial charge < -0.3 is 15.7 Å². The van der Waals surface area contributed by atoms with Crippen molar-refractivity contribution in [2.24, 2.45) is 5.92 Å². The van der Waals surface area contributed by atoms with E-state index in [1.807, 2.05) is 13.0 Å². The highest BCUT2D eigenvalue weighted by Gasteiger charge is 2.20. The van der Waals surface area contributed by atoms with Crippen LogP contribution in [0, 0.1) is 12.8 Å². The number of aromatic carboxylic acids is 1. The third-order valence-electron chi connectivity index (χ3n) is 3.96. The van der Waals surface area contributed by atoms with Gasteiger partial charge in [0.25, 0.3) is 0 Å². The van der Waals surface area contributed by atoms with Gasteiger partial charge in [0.15, 0.2) is 0 Å². The Balaban J connectivity index is 2.12.